The summed E-state index contributed by atoms with van der Waals surface area (Å²) in [7, 11) is 0. The van der Waals surface area contributed by atoms with E-state index in [2.05, 4.69) is 11.6 Å². The molecule has 1 aliphatic rings. The van der Waals surface area contributed by atoms with E-state index in [1.54, 1.807) is 4.90 Å². The van der Waals surface area contributed by atoms with Crippen LogP contribution in [-0.2, 0) is 11.3 Å². The van der Waals surface area contributed by atoms with E-state index in [9.17, 15) is 4.79 Å². The van der Waals surface area contributed by atoms with Crippen molar-refractivity contribution < 1.29 is 9.53 Å². The molecule has 0 spiro atoms. The van der Waals surface area contributed by atoms with E-state index in [0.717, 1.165) is 25.2 Å². The molecule has 0 unspecified atom stereocenters. The summed E-state index contributed by atoms with van der Waals surface area (Å²) in [6.07, 6.45) is 3.08. The molecular weight excluding hydrogens is 272 g/mol. The molecule has 0 aromatic heterocycles. The molecule has 1 aromatic carbocycles. The zero-order valence-corrected chi connectivity index (χ0v) is 12.7. The lowest BCUT2D eigenvalue weighted by atomic mass is 10.1. The third-order valence-corrected chi connectivity index (χ3v) is 4.00. The number of nitrogens with one attached hydrogen (secondary N) is 1. The van der Waals surface area contributed by atoms with Crippen LogP contribution in [0.3, 0.4) is 0 Å². The highest BCUT2D eigenvalue weighted by atomic mass is 32.2. The largest absolute Gasteiger partial charge is 0.445 e. The van der Waals surface area contributed by atoms with Crippen LogP contribution in [0, 0.1) is 0 Å². The molecule has 2 rings (SSSR count). The zero-order chi connectivity index (χ0) is 14.2. The molecule has 1 aliphatic heterocycles. The van der Waals surface area contributed by atoms with Gasteiger partial charge in [-0.05, 0) is 30.5 Å². The Morgan fingerprint density at radius 3 is 2.85 bits per heavy atom. The molecule has 0 radical (unpaired) electrons. The first-order chi connectivity index (χ1) is 9.79. The summed E-state index contributed by atoms with van der Waals surface area (Å²) in [6, 6.07) is 10.2. The number of hydrogen-bond acceptors (Lipinski definition) is 4. The summed E-state index contributed by atoms with van der Waals surface area (Å²) in [5.74, 6) is 1.18. The number of ether oxygens (including phenoxy) is 1. The molecule has 0 saturated carbocycles. The van der Waals surface area contributed by atoms with Crippen LogP contribution >= 0.6 is 11.8 Å². The highest BCUT2D eigenvalue weighted by Crippen LogP contribution is 2.11. The third-order valence-electron chi connectivity index (χ3n) is 3.30. The molecule has 1 fully saturated rings. The van der Waals surface area contributed by atoms with Crippen LogP contribution in [0.2, 0.25) is 0 Å². The minimum Gasteiger partial charge on any atom is -0.445 e. The lowest BCUT2D eigenvalue weighted by molar-refractivity contribution is 0.0604. The summed E-state index contributed by atoms with van der Waals surface area (Å²) in [6.45, 7) is 2.89. The number of hydrogen-bond donors (Lipinski definition) is 1. The lowest BCUT2D eigenvalue weighted by Gasteiger charge is -2.38. The number of thioether (sulfide) groups is 1. The van der Waals surface area contributed by atoms with Crippen LogP contribution in [-0.4, -0.2) is 48.7 Å². The van der Waals surface area contributed by atoms with Gasteiger partial charge in [0, 0.05) is 19.1 Å². The maximum atomic E-state index is 11.8. The number of carbonyl (C=O) groups is 1. The average Bonchev–Trinajstić information content (AvgIpc) is 2.44. The van der Waals surface area contributed by atoms with E-state index in [4.69, 9.17) is 4.74 Å². The van der Waals surface area contributed by atoms with Crippen molar-refractivity contribution in [3.63, 3.8) is 0 Å². The van der Waals surface area contributed by atoms with Crippen LogP contribution in [0.4, 0.5) is 4.79 Å². The summed E-state index contributed by atoms with van der Waals surface area (Å²) in [5.41, 5.74) is 1.02. The van der Waals surface area contributed by atoms with Gasteiger partial charge < -0.3 is 15.0 Å². The number of carbonyl (C=O) groups excluding carboxylic acids is 1. The third kappa shape index (κ3) is 4.72. The van der Waals surface area contributed by atoms with Gasteiger partial charge in [0.25, 0.3) is 0 Å². The van der Waals surface area contributed by atoms with E-state index in [1.165, 1.54) is 12.2 Å². The summed E-state index contributed by atoms with van der Waals surface area (Å²) < 4.78 is 5.28. The van der Waals surface area contributed by atoms with E-state index in [-0.39, 0.29) is 6.09 Å². The molecule has 1 amide bonds. The molecule has 1 aromatic rings. The Labute approximate surface area is 124 Å². The lowest BCUT2D eigenvalue weighted by Crippen LogP contribution is -2.60. The van der Waals surface area contributed by atoms with Gasteiger partial charge >= 0.3 is 6.09 Å². The Kier molecular flexibility index (Phi) is 6.21. The molecule has 0 aliphatic carbocycles. The molecule has 5 heteroatoms. The fourth-order valence-electron chi connectivity index (χ4n) is 2.09. The first kappa shape index (κ1) is 15.2. The molecule has 1 heterocycles. The van der Waals surface area contributed by atoms with E-state index in [1.807, 2.05) is 42.1 Å². The highest BCUT2D eigenvalue weighted by molar-refractivity contribution is 7.98. The quantitative estimate of drug-likeness (QED) is 0.784. The van der Waals surface area contributed by atoms with E-state index in [0.29, 0.717) is 12.6 Å². The Bertz CT molecular complexity index is 408. The zero-order valence-electron chi connectivity index (χ0n) is 11.9. The fourth-order valence-corrected chi connectivity index (χ4v) is 2.52. The minimum atomic E-state index is -0.212. The maximum Gasteiger partial charge on any atom is 0.410 e. The number of benzene rings is 1. The van der Waals surface area contributed by atoms with Crippen molar-refractivity contribution in [3.05, 3.63) is 35.9 Å². The SMILES string of the molecule is CSCCCNC1CN(C(=O)OCc2ccccc2)C1. The van der Waals surface area contributed by atoms with Gasteiger partial charge in [0.1, 0.15) is 6.61 Å². The second-order valence-corrected chi connectivity index (χ2v) is 5.93. The molecule has 1 N–H and O–H groups in total. The van der Waals surface area contributed by atoms with Gasteiger partial charge in [-0.25, -0.2) is 4.79 Å². The van der Waals surface area contributed by atoms with Crippen molar-refractivity contribution in [2.75, 3.05) is 31.6 Å². The molecule has 20 heavy (non-hydrogen) atoms. The van der Waals surface area contributed by atoms with Crippen LogP contribution in [0.25, 0.3) is 0 Å². The van der Waals surface area contributed by atoms with Crippen molar-refractivity contribution >= 4 is 17.9 Å². The average molecular weight is 294 g/mol. The van der Waals surface area contributed by atoms with E-state index < -0.39 is 0 Å². The minimum absolute atomic E-state index is 0.212. The normalized spacial score (nSPS) is 14.9. The Morgan fingerprint density at radius 2 is 2.15 bits per heavy atom. The van der Waals surface area contributed by atoms with Crippen LogP contribution in [0.5, 0.6) is 0 Å². The van der Waals surface area contributed by atoms with Crippen molar-refractivity contribution in [1.29, 1.82) is 0 Å². The smallest absolute Gasteiger partial charge is 0.410 e. The molecular formula is C15H22N2O2S. The van der Waals surface area contributed by atoms with Crippen LogP contribution in [0.1, 0.15) is 12.0 Å². The number of rotatable bonds is 7. The Balaban J connectivity index is 1.57. The molecule has 0 bridgehead atoms. The topological polar surface area (TPSA) is 41.6 Å². The van der Waals surface area contributed by atoms with Gasteiger partial charge in [-0.15, -0.1) is 0 Å². The van der Waals surface area contributed by atoms with E-state index >= 15 is 0 Å². The number of nitrogens with zero attached hydrogens (tertiary/aromatic N) is 1. The van der Waals surface area contributed by atoms with Crippen molar-refractivity contribution in [3.8, 4) is 0 Å². The maximum absolute atomic E-state index is 11.8. The fraction of sp³-hybridized carbons (Fsp3) is 0.533. The van der Waals surface area contributed by atoms with Gasteiger partial charge in [0.15, 0.2) is 0 Å². The molecule has 0 atom stereocenters. The number of likely N-dealkylation sites (tertiary alicyclic amines) is 1. The van der Waals surface area contributed by atoms with Gasteiger partial charge in [-0.2, -0.15) is 11.8 Å². The monoisotopic (exact) mass is 294 g/mol. The van der Waals surface area contributed by atoms with Gasteiger partial charge in [-0.1, -0.05) is 30.3 Å². The predicted octanol–water partition coefficient (Wildman–Crippen LogP) is 2.35. The summed E-state index contributed by atoms with van der Waals surface area (Å²) in [4.78, 5) is 13.5. The van der Waals surface area contributed by atoms with Crippen molar-refractivity contribution in [2.24, 2.45) is 0 Å². The predicted molar refractivity (Wildman–Crippen MR) is 83.0 cm³/mol. The van der Waals surface area contributed by atoms with Crippen molar-refractivity contribution in [2.45, 2.75) is 19.1 Å². The second-order valence-electron chi connectivity index (χ2n) is 4.94. The summed E-state index contributed by atoms with van der Waals surface area (Å²) in [5, 5.41) is 3.45. The summed E-state index contributed by atoms with van der Waals surface area (Å²) >= 11 is 1.86. The van der Waals surface area contributed by atoms with Crippen LogP contribution < -0.4 is 5.32 Å². The molecule has 4 nitrogen and oxygen atoms in total. The molecule has 1 saturated heterocycles. The molecule has 110 valence electrons. The van der Waals surface area contributed by atoms with Gasteiger partial charge in [0.2, 0.25) is 0 Å². The first-order valence-corrected chi connectivity index (χ1v) is 8.37. The second kappa shape index (κ2) is 8.17. The van der Waals surface area contributed by atoms with Crippen molar-refractivity contribution in [1.82, 2.24) is 10.2 Å². The Morgan fingerprint density at radius 1 is 1.40 bits per heavy atom. The number of amides is 1. The van der Waals surface area contributed by atoms with Gasteiger partial charge in [-0.3, -0.25) is 0 Å². The van der Waals surface area contributed by atoms with Gasteiger partial charge in [0.05, 0.1) is 0 Å². The Hall–Kier alpha value is -1.20. The first-order valence-electron chi connectivity index (χ1n) is 6.97. The van der Waals surface area contributed by atoms with Crippen LogP contribution in [0.15, 0.2) is 30.3 Å². The highest BCUT2D eigenvalue weighted by Gasteiger charge is 2.30. The standard InChI is InChI=1S/C15H22N2O2S/c1-20-9-5-8-16-14-10-17(11-14)15(18)19-12-13-6-3-2-4-7-13/h2-4,6-7,14,16H,5,8-12H2,1H3.